The fraction of sp³-hybridized carbons (Fsp3) is 0.867. The average Bonchev–Trinajstić information content (AvgIpc) is 3.07. The van der Waals surface area contributed by atoms with Crippen LogP contribution < -0.4 is 0 Å². The first-order chi connectivity index (χ1) is 14.5. The van der Waals surface area contributed by atoms with E-state index in [9.17, 15) is 5.11 Å². The van der Waals surface area contributed by atoms with Crippen molar-refractivity contribution in [1.29, 1.82) is 0 Å². The molecule has 4 rings (SSSR count). The van der Waals surface area contributed by atoms with Crippen LogP contribution in [0.1, 0.15) is 99.8 Å². The van der Waals surface area contributed by atoms with Crippen molar-refractivity contribution in [1.82, 2.24) is 0 Å². The Kier molecular flexibility index (Phi) is 6.35. The molecule has 4 aliphatic rings. The van der Waals surface area contributed by atoms with Crippen LogP contribution in [0.25, 0.3) is 0 Å². The van der Waals surface area contributed by atoms with Crippen molar-refractivity contribution in [3.63, 3.8) is 0 Å². The van der Waals surface area contributed by atoms with Gasteiger partial charge < -0.3 is 5.11 Å². The maximum Gasteiger partial charge on any atom is 0.0628 e. The SMILES string of the molecule is C=C(C)[C@@H](C)CC[C@@H](C)[C@H]1CC[C@H]2[C@@H]3CC=C4C(C)C(O)C(C)C[C@]4(C)[C@H]3CC[C@]12C. The van der Waals surface area contributed by atoms with Gasteiger partial charge in [-0.3, -0.25) is 0 Å². The van der Waals surface area contributed by atoms with Gasteiger partial charge in [0.2, 0.25) is 0 Å². The molecule has 1 N–H and O–H groups in total. The minimum atomic E-state index is -0.150. The van der Waals surface area contributed by atoms with Crippen LogP contribution in [-0.2, 0) is 0 Å². The largest absolute Gasteiger partial charge is 0.392 e. The Morgan fingerprint density at radius 2 is 1.84 bits per heavy atom. The summed E-state index contributed by atoms with van der Waals surface area (Å²) in [6.07, 6.45) is 13.3. The molecule has 3 unspecified atom stereocenters. The highest BCUT2D eigenvalue weighted by Crippen LogP contribution is 2.68. The van der Waals surface area contributed by atoms with E-state index in [2.05, 4.69) is 61.1 Å². The van der Waals surface area contributed by atoms with Gasteiger partial charge in [-0.1, -0.05) is 65.3 Å². The lowest BCUT2D eigenvalue weighted by molar-refractivity contribution is -0.0773. The number of hydrogen-bond acceptors (Lipinski definition) is 1. The molecular weight excluding hydrogens is 376 g/mol. The lowest BCUT2D eigenvalue weighted by Crippen LogP contribution is -2.53. The smallest absolute Gasteiger partial charge is 0.0628 e. The summed E-state index contributed by atoms with van der Waals surface area (Å²) in [6, 6.07) is 0. The van der Waals surface area contributed by atoms with E-state index < -0.39 is 0 Å². The van der Waals surface area contributed by atoms with E-state index in [0.717, 1.165) is 29.6 Å². The van der Waals surface area contributed by atoms with Gasteiger partial charge in [-0.25, -0.2) is 0 Å². The van der Waals surface area contributed by atoms with Crippen LogP contribution >= 0.6 is 0 Å². The molecule has 1 nitrogen and oxygen atoms in total. The Labute approximate surface area is 193 Å². The fourth-order valence-electron chi connectivity index (χ4n) is 9.49. The predicted octanol–water partition coefficient (Wildman–Crippen LogP) is 8.05. The van der Waals surface area contributed by atoms with Gasteiger partial charge in [-0.2, -0.15) is 0 Å². The second-order valence-corrected chi connectivity index (χ2v) is 13.2. The average molecular weight is 427 g/mol. The summed E-state index contributed by atoms with van der Waals surface area (Å²) in [5.74, 6) is 5.78. The maximum atomic E-state index is 10.8. The van der Waals surface area contributed by atoms with Gasteiger partial charge in [0.05, 0.1) is 6.10 Å². The van der Waals surface area contributed by atoms with Gasteiger partial charge in [0.15, 0.2) is 0 Å². The Hall–Kier alpha value is -0.560. The van der Waals surface area contributed by atoms with E-state index in [-0.39, 0.29) is 6.10 Å². The third kappa shape index (κ3) is 3.70. The van der Waals surface area contributed by atoms with Gasteiger partial charge in [-0.15, -0.1) is 0 Å². The van der Waals surface area contributed by atoms with Crippen LogP contribution in [0, 0.1) is 58.2 Å². The molecule has 4 aliphatic carbocycles. The number of aliphatic hydroxyl groups is 1. The normalized spacial score (nSPS) is 48.8. The van der Waals surface area contributed by atoms with Gasteiger partial charge in [0, 0.05) is 5.92 Å². The third-order valence-electron chi connectivity index (χ3n) is 11.5. The molecule has 0 aliphatic heterocycles. The number of fused-ring (bicyclic) bond motifs is 5. The van der Waals surface area contributed by atoms with E-state index in [1.165, 1.54) is 56.9 Å². The quantitative estimate of drug-likeness (QED) is 0.441. The molecule has 0 aromatic carbocycles. The summed E-state index contributed by atoms with van der Waals surface area (Å²) in [6.45, 7) is 21.1. The molecule has 3 fully saturated rings. The molecule has 0 aromatic rings. The van der Waals surface area contributed by atoms with Crippen molar-refractivity contribution >= 4 is 0 Å². The lowest BCUT2D eigenvalue weighted by atomic mass is 9.45. The zero-order valence-electron chi connectivity index (χ0n) is 21.6. The molecule has 0 saturated heterocycles. The maximum absolute atomic E-state index is 10.8. The zero-order valence-corrected chi connectivity index (χ0v) is 21.6. The Morgan fingerprint density at radius 1 is 1.13 bits per heavy atom. The van der Waals surface area contributed by atoms with Crippen LogP contribution in [0.2, 0.25) is 0 Å². The first-order valence-electron chi connectivity index (χ1n) is 13.5. The van der Waals surface area contributed by atoms with Crippen molar-refractivity contribution in [2.45, 2.75) is 106 Å². The third-order valence-corrected chi connectivity index (χ3v) is 11.5. The molecule has 0 bridgehead atoms. The molecule has 176 valence electrons. The van der Waals surface area contributed by atoms with Gasteiger partial charge in [0.1, 0.15) is 0 Å². The van der Waals surface area contributed by atoms with E-state index in [1.54, 1.807) is 5.57 Å². The lowest BCUT2D eigenvalue weighted by Gasteiger charge is -2.60. The molecule has 31 heavy (non-hydrogen) atoms. The summed E-state index contributed by atoms with van der Waals surface area (Å²) in [7, 11) is 0. The molecule has 0 radical (unpaired) electrons. The molecule has 0 heterocycles. The second-order valence-electron chi connectivity index (χ2n) is 13.2. The Balaban J connectivity index is 1.53. The van der Waals surface area contributed by atoms with Gasteiger partial charge >= 0.3 is 0 Å². The fourth-order valence-corrected chi connectivity index (χ4v) is 9.49. The minimum Gasteiger partial charge on any atom is -0.392 e. The van der Waals surface area contributed by atoms with Crippen molar-refractivity contribution in [2.24, 2.45) is 58.2 Å². The monoisotopic (exact) mass is 426 g/mol. The van der Waals surface area contributed by atoms with Crippen LogP contribution in [0.4, 0.5) is 0 Å². The van der Waals surface area contributed by atoms with Crippen LogP contribution in [0.15, 0.2) is 23.8 Å². The van der Waals surface area contributed by atoms with Crippen molar-refractivity contribution < 1.29 is 5.11 Å². The van der Waals surface area contributed by atoms with Crippen LogP contribution in [0.3, 0.4) is 0 Å². The molecule has 0 amide bonds. The highest BCUT2D eigenvalue weighted by molar-refractivity contribution is 5.28. The van der Waals surface area contributed by atoms with E-state index in [1.807, 2.05) is 0 Å². The second kappa shape index (κ2) is 8.34. The van der Waals surface area contributed by atoms with E-state index in [0.29, 0.717) is 28.6 Å². The molecule has 0 spiro atoms. The van der Waals surface area contributed by atoms with Gasteiger partial charge in [-0.05, 0) is 111 Å². The zero-order chi connectivity index (χ0) is 22.7. The minimum absolute atomic E-state index is 0.150. The van der Waals surface area contributed by atoms with Crippen LogP contribution in [0.5, 0.6) is 0 Å². The van der Waals surface area contributed by atoms with Crippen molar-refractivity contribution in [2.75, 3.05) is 0 Å². The summed E-state index contributed by atoms with van der Waals surface area (Å²) < 4.78 is 0. The summed E-state index contributed by atoms with van der Waals surface area (Å²) in [5, 5.41) is 10.8. The molecule has 11 atom stereocenters. The van der Waals surface area contributed by atoms with Crippen molar-refractivity contribution in [3.8, 4) is 0 Å². The van der Waals surface area contributed by atoms with Crippen molar-refractivity contribution in [3.05, 3.63) is 23.8 Å². The first kappa shape index (κ1) is 23.6. The molecular formula is C30H50O. The Bertz CT molecular complexity index is 720. The van der Waals surface area contributed by atoms with E-state index in [4.69, 9.17) is 0 Å². The highest BCUT2D eigenvalue weighted by Gasteiger charge is 2.60. The topological polar surface area (TPSA) is 20.2 Å². The van der Waals surface area contributed by atoms with Crippen LogP contribution in [-0.4, -0.2) is 11.2 Å². The molecule has 1 heteroatoms. The summed E-state index contributed by atoms with van der Waals surface area (Å²) in [5.41, 5.74) is 3.82. The number of aliphatic hydroxyl groups excluding tert-OH is 1. The first-order valence-corrected chi connectivity index (χ1v) is 13.5. The molecule has 0 aromatic heterocycles. The number of rotatable bonds is 5. The molecule has 3 saturated carbocycles. The summed E-state index contributed by atoms with van der Waals surface area (Å²) in [4.78, 5) is 0. The highest BCUT2D eigenvalue weighted by atomic mass is 16.3. The number of hydrogen-bond donors (Lipinski definition) is 1. The van der Waals surface area contributed by atoms with Gasteiger partial charge in [0.25, 0.3) is 0 Å². The number of allylic oxidation sites excluding steroid dienone is 2. The standard InChI is InChI=1S/C30H50O/c1-18(2)19(3)9-10-20(4)24-13-14-26-23-11-12-25-22(6)28(31)21(5)17-30(25,8)27(23)15-16-29(24,26)7/h12,19-24,26-28,31H,1,9-11,13-17H2,2-8H3/t19-,20+,21?,22?,23-,24+,26-,27-,28?,29+,30-/m0/s1. The van der Waals surface area contributed by atoms with E-state index >= 15 is 0 Å². The Morgan fingerprint density at radius 3 is 2.52 bits per heavy atom. The predicted molar refractivity (Wildman–Crippen MR) is 133 cm³/mol. The summed E-state index contributed by atoms with van der Waals surface area (Å²) >= 11 is 0.